The van der Waals surface area contributed by atoms with Gasteiger partial charge < -0.3 is 15.5 Å². The molecule has 1 saturated heterocycles. The van der Waals surface area contributed by atoms with Crippen LogP contribution in [-0.4, -0.2) is 59.3 Å². The molecule has 1 aromatic heterocycles. The Kier molecular flexibility index (Phi) is 5.09. The highest BCUT2D eigenvalue weighted by molar-refractivity contribution is 7.17. The van der Waals surface area contributed by atoms with Gasteiger partial charge in [-0.3, -0.25) is 19.7 Å². The molecule has 0 spiro atoms. The third kappa shape index (κ3) is 3.42. The summed E-state index contributed by atoms with van der Waals surface area (Å²) in [7, 11) is 0. The van der Waals surface area contributed by atoms with Gasteiger partial charge in [-0.25, -0.2) is 0 Å². The monoisotopic (exact) mass is 326 g/mol. The normalized spacial score (nSPS) is 16.5. The summed E-state index contributed by atoms with van der Waals surface area (Å²) in [5.74, 6) is -0.444. The number of hydrogen-bond acceptors (Lipinski definition) is 6. The molecule has 0 aliphatic carbocycles. The van der Waals surface area contributed by atoms with Crippen molar-refractivity contribution >= 4 is 28.2 Å². The van der Waals surface area contributed by atoms with Crippen LogP contribution in [0.5, 0.6) is 0 Å². The van der Waals surface area contributed by atoms with Gasteiger partial charge in [-0.2, -0.15) is 0 Å². The van der Waals surface area contributed by atoms with Crippen LogP contribution in [0.1, 0.15) is 16.6 Å². The molecule has 2 heterocycles. The quantitative estimate of drug-likeness (QED) is 0.641. The van der Waals surface area contributed by atoms with E-state index in [0.717, 1.165) is 11.3 Å². The first-order valence-electron chi connectivity index (χ1n) is 6.96. The number of thiophene rings is 1. The molecule has 1 aliphatic rings. The van der Waals surface area contributed by atoms with E-state index in [1.807, 2.05) is 0 Å². The van der Waals surface area contributed by atoms with Crippen molar-refractivity contribution in [3.8, 4) is 0 Å². The molecule has 1 unspecified atom stereocenters. The zero-order chi connectivity index (χ0) is 16.3. The smallest absolute Gasteiger partial charge is 0.324 e. The zero-order valence-electron chi connectivity index (χ0n) is 12.2. The number of piperazine rings is 1. The van der Waals surface area contributed by atoms with Gasteiger partial charge in [-0.15, -0.1) is 0 Å². The molecular weight excluding hydrogens is 308 g/mol. The van der Waals surface area contributed by atoms with Crippen molar-refractivity contribution in [1.29, 1.82) is 0 Å². The van der Waals surface area contributed by atoms with Crippen LogP contribution in [0, 0.1) is 16.0 Å². The molecule has 1 aliphatic heterocycles. The summed E-state index contributed by atoms with van der Waals surface area (Å²) in [6, 6.07) is 2.81. The fraction of sp³-hybridized carbons (Fsp3) is 0.538. The predicted octanol–water partition coefficient (Wildman–Crippen LogP) is 0.536. The van der Waals surface area contributed by atoms with Gasteiger partial charge in [0, 0.05) is 44.7 Å². The van der Waals surface area contributed by atoms with Crippen molar-refractivity contribution in [2.24, 2.45) is 11.7 Å². The minimum atomic E-state index is -0.508. The third-order valence-corrected chi connectivity index (χ3v) is 4.66. The standard InChI is InChI=1S/C13H18N4O4S/c1-9(8-14)12(18)15-4-6-16(7-5-15)13(19)10-2-3-11(22-10)17(20)21/h2-3,9H,4-8,14H2,1H3. The Morgan fingerprint density at radius 1 is 1.32 bits per heavy atom. The minimum absolute atomic E-state index is 0.00126. The lowest BCUT2D eigenvalue weighted by Gasteiger charge is -2.35. The highest BCUT2D eigenvalue weighted by atomic mass is 32.1. The van der Waals surface area contributed by atoms with Crippen molar-refractivity contribution in [1.82, 2.24) is 9.80 Å². The van der Waals surface area contributed by atoms with Crippen molar-refractivity contribution in [2.75, 3.05) is 32.7 Å². The Labute approximate surface area is 131 Å². The van der Waals surface area contributed by atoms with Crippen molar-refractivity contribution in [3.05, 3.63) is 27.1 Å². The Morgan fingerprint density at radius 2 is 1.91 bits per heavy atom. The van der Waals surface area contributed by atoms with Gasteiger partial charge in [-0.05, 0) is 6.07 Å². The fourth-order valence-electron chi connectivity index (χ4n) is 2.24. The van der Waals surface area contributed by atoms with Crippen LogP contribution < -0.4 is 5.73 Å². The maximum Gasteiger partial charge on any atom is 0.324 e. The van der Waals surface area contributed by atoms with Crippen LogP contribution in [0.4, 0.5) is 5.00 Å². The fourth-order valence-corrected chi connectivity index (χ4v) is 3.03. The number of rotatable bonds is 4. The molecule has 9 heteroatoms. The largest absolute Gasteiger partial charge is 0.339 e. The second kappa shape index (κ2) is 6.84. The summed E-state index contributed by atoms with van der Waals surface area (Å²) >= 11 is 0.871. The summed E-state index contributed by atoms with van der Waals surface area (Å²) in [4.78, 5) is 38.1. The van der Waals surface area contributed by atoms with Gasteiger partial charge in [-0.1, -0.05) is 18.3 Å². The van der Waals surface area contributed by atoms with E-state index in [0.29, 0.717) is 37.6 Å². The summed E-state index contributed by atoms with van der Waals surface area (Å²) < 4.78 is 0. The first kappa shape index (κ1) is 16.4. The topological polar surface area (TPSA) is 110 Å². The highest BCUT2D eigenvalue weighted by Gasteiger charge is 2.28. The van der Waals surface area contributed by atoms with Crippen LogP contribution in [-0.2, 0) is 4.79 Å². The van der Waals surface area contributed by atoms with E-state index in [2.05, 4.69) is 0 Å². The first-order chi connectivity index (χ1) is 10.4. The summed E-state index contributed by atoms with van der Waals surface area (Å²) in [6.45, 7) is 3.85. The van der Waals surface area contributed by atoms with E-state index in [9.17, 15) is 19.7 Å². The summed E-state index contributed by atoms with van der Waals surface area (Å²) in [6.07, 6.45) is 0. The maximum absolute atomic E-state index is 12.3. The van der Waals surface area contributed by atoms with E-state index >= 15 is 0 Å². The van der Waals surface area contributed by atoms with Gasteiger partial charge in [0.1, 0.15) is 0 Å². The van der Waals surface area contributed by atoms with E-state index in [4.69, 9.17) is 5.73 Å². The Balaban J connectivity index is 1.94. The van der Waals surface area contributed by atoms with Crippen molar-refractivity contribution < 1.29 is 14.5 Å². The number of carbonyl (C=O) groups is 2. The molecule has 0 radical (unpaired) electrons. The molecule has 1 atom stereocenters. The molecule has 2 N–H and O–H groups in total. The van der Waals surface area contributed by atoms with E-state index in [1.165, 1.54) is 12.1 Å². The van der Waals surface area contributed by atoms with E-state index in [1.54, 1.807) is 16.7 Å². The summed E-state index contributed by atoms with van der Waals surface area (Å²) in [5, 5.41) is 10.6. The molecule has 0 bridgehead atoms. The molecule has 0 saturated carbocycles. The lowest BCUT2D eigenvalue weighted by molar-refractivity contribution is -0.380. The van der Waals surface area contributed by atoms with Gasteiger partial charge in [0.05, 0.1) is 9.80 Å². The predicted molar refractivity (Wildman–Crippen MR) is 81.7 cm³/mol. The maximum atomic E-state index is 12.3. The minimum Gasteiger partial charge on any atom is -0.339 e. The molecule has 1 aromatic rings. The Morgan fingerprint density at radius 3 is 2.41 bits per heavy atom. The SMILES string of the molecule is CC(CN)C(=O)N1CCN(C(=O)c2ccc([N+](=O)[O-])s2)CC1. The number of nitro groups is 1. The highest BCUT2D eigenvalue weighted by Crippen LogP contribution is 2.25. The van der Waals surface area contributed by atoms with Gasteiger partial charge in [0.2, 0.25) is 5.91 Å². The van der Waals surface area contributed by atoms with Crippen molar-refractivity contribution in [3.63, 3.8) is 0 Å². The van der Waals surface area contributed by atoms with Gasteiger partial charge in [0.25, 0.3) is 5.91 Å². The third-order valence-electron chi connectivity index (χ3n) is 3.64. The van der Waals surface area contributed by atoms with Crippen molar-refractivity contribution in [2.45, 2.75) is 6.92 Å². The zero-order valence-corrected chi connectivity index (χ0v) is 13.0. The number of nitrogens with zero attached hydrogens (tertiary/aromatic N) is 3. The Bertz CT molecular complexity index is 580. The molecule has 2 amide bonds. The average molecular weight is 326 g/mol. The molecule has 2 rings (SSSR count). The molecule has 22 heavy (non-hydrogen) atoms. The Hall–Kier alpha value is -2.00. The average Bonchev–Trinajstić information content (AvgIpc) is 3.03. The molecule has 1 fully saturated rings. The molecule has 120 valence electrons. The lowest BCUT2D eigenvalue weighted by Crippen LogP contribution is -2.52. The number of carbonyl (C=O) groups excluding carboxylic acids is 2. The van der Waals surface area contributed by atoms with Crippen LogP contribution in [0.3, 0.4) is 0 Å². The molecule has 8 nitrogen and oxygen atoms in total. The van der Waals surface area contributed by atoms with Gasteiger partial charge in [0.15, 0.2) is 0 Å². The first-order valence-corrected chi connectivity index (χ1v) is 7.78. The number of amides is 2. The summed E-state index contributed by atoms with van der Waals surface area (Å²) in [5.41, 5.74) is 5.49. The second-order valence-electron chi connectivity index (χ2n) is 5.15. The molecular formula is C13H18N4O4S. The number of nitrogens with two attached hydrogens (primary N) is 1. The number of hydrogen-bond donors (Lipinski definition) is 1. The van der Waals surface area contributed by atoms with E-state index < -0.39 is 4.92 Å². The van der Waals surface area contributed by atoms with Crippen LogP contribution >= 0.6 is 11.3 Å². The van der Waals surface area contributed by atoms with Crippen LogP contribution in [0.2, 0.25) is 0 Å². The van der Waals surface area contributed by atoms with E-state index in [-0.39, 0.29) is 22.7 Å². The van der Waals surface area contributed by atoms with Crippen LogP contribution in [0.15, 0.2) is 12.1 Å². The molecule has 0 aromatic carbocycles. The lowest BCUT2D eigenvalue weighted by atomic mass is 10.1. The van der Waals surface area contributed by atoms with Crippen LogP contribution in [0.25, 0.3) is 0 Å². The second-order valence-corrected chi connectivity index (χ2v) is 6.21. The van der Waals surface area contributed by atoms with Gasteiger partial charge >= 0.3 is 5.00 Å².